The number of carbonyl (C=O) groups excluding carboxylic acids is 1. The predicted octanol–water partition coefficient (Wildman–Crippen LogP) is 4.33. The molecule has 0 amide bonds. The summed E-state index contributed by atoms with van der Waals surface area (Å²) in [6.45, 7) is 4.62. The molecule has 174 valence electrons. The lowest BCUT2D eigenvalue weighted by Gasteiger charge is -2.18. The summed E-state index contributed by atoms with van der Waals surface area (Å²) in [5.41, 5.74) is -0.419. The molecule has 0 spiro atoms. The fourth-order valence-corrected chi connectivity index (χ4v) is 4.01. The van der Waals surface area contributed by atoms with Gasteiger partial charge in [0, 0.05) is 30.5 Å². The molecule has 3 aromatic rings. The number of carbonyl (C=O) groups is 1. The molecule has 3 N–H and O–H groups in total. The van der Waals surface area contributed by atoms with Crippen LogP contribution in [0.25, 0.3) is 0 Å². The van der Waals surface area contributed by atoms with Crippen molar-refractivity contribution in [1.82, 2.24) is 9.97 Å². The standard InChI is InChI=1S/C23H25FN4O4S/c1-5-18(29)14-13-25-21(27-20-11-10-15(22(24)28-20)23(2,3)30)12-17(14)26-16-8-6-7-9-19(16)33(4,31)32/h6-13,30H,5H2,1-4H3,(H2,25,26,27,28). The Kier molecular flexibility index (Phi) is 6.80. The number of sulfone groups is 1. The van der Waals surface area contributed by atoms with Crippen LogP contribution in [0.4, 0.5) is 27.4 Å². The van der Waals surface area contributed by atoms with Crippen molar-refractivity contribution in [3.63, 3.8) is 0 Å². The Hall–Kier alpha value is -3.37. The van der Waals surface area contributed by atoms with Crippen LogP contribution in [0.1, 0.15) is 43.1 Å². The number of ketones is 1. The lowest BCUT2D eigenvalue weighted by molar-refractivity contribution is 0.0737. The Balaban J connectivity index is 2.00. The van der Waals surface area contributed by atoms with Crippen LogP contribution in [-0.2, 0) is 15.4 Å². The summed E-state index contributed by atoms with van der Waals surface area (Å²) in [5, 5.41) is 15.9. The van der Waals surface area contributed by atoms with Crippen LogP contribution >= 0.6 is 0 Å². The molecule has 0 aliphatic rings. The Morgan fingerprint density at radius 2 is 1.79 bits per heavy atom. The maximum absolute atomic E-state index is 14.3. The summed E-state index contributed by atoms with van der Waals surface area (Å²) in [6, 6.07) is 10.8. The molecular formula is C23H25FN4O4S. The van der Waals surface area contributed by atoms with Gasteiger partial charge in [0.2, 0.25) is 5.95 Å². The summed E-state index contributed by atoms with van der Waals surface area (Å²) >= 11 is 0. The zero-order valence-electron chi connectivity index (χ0n) is 18.7. The van der Waals surface area contributed by atoms with Crippen LogP contribution < -0.4 is 10.6 Å². The molecule has 0 atom stereocenters. The molecule has 8 nitrogen and oxygen atoms in total. The van der Waals surface area contributed by atoms with E-state index in [-0.39, 0.29) is 39.9 Å². The van der Waals surface area contributed by atoms with Gasteiger partial charge in [0.1, 0.15) is 11.6 Å². The van der Waals surface area contributed by atoms with Gasteiger partial charge in [-0.15, -0.1) is 0 Å². The summed E-state index contributed by atoms with van der Waals surface area (Å²) in [5.74, 6) is -0.618. The van der Waals surface area contributed by atoms with E-state index in [4.69, 9.17) is 0 Å². The molecule has 0 fully saturated rings. The van der Waals surface area contributed by atoms with Crippen LogP contribution in [0, 0.1) is 5.95 Å². The van der Waals surface area contributed by atoms with Crippen LogP contribution in [0.2, 0.25) is 0 Å². The number of halogens is 1. The van der Waals surface area contributed by atoms with Gasteiger partial charge in [-0.05, 0) is 38.1 Å². The average molecular weight is 473 g/mol. The molecular weight excluding hydrogens is 447 g/mol. The topological polar surface area (TPSA) is 121 Å². The molecule has 0 saturated carbocycles. The molecule has 0 aliphatic carbocycles. The zero-order valence-corrected chi connectivity index (χ0v) is 19.5. The van der Waals surface area contributed by atoms with Gasteiger partial charge < -0.3 is 15.7 Å². The second-order valence-electron chi connectivity index (χ2n) is 8.00. The highest BCUT2D eigenvalue weighted by molar-refractivity contribution is 7.90. The van der Waals surface area contributed by atoms with Crippen molar-refractivity contribution < 1.29 is 22.7 Å². The Bertz CT molecular complexity index is 1300. The minimum atomic E-state index is -3.52. The first-order valence-electron chi connectivity index (χ1n) is 10.2. The molecule has 0 radical (unpaired) electrons. The van der Waals surface area contributed by atoms with Gasteiger partial charge in [-0.2, -0.15) is 4.39 Å². The number of rotatable bonds is 8. The van der Waals surface area contributed by atoms with Gasteiger partial charge in [-0.1, -0.05) is 19.1 Å². The average Bonchev–Trinajstić information content (AvgIpc) is 2.72. The number of anilines is 4. The fraction of sp³-hybridized carbons (Fsp3) is 0.261. The van der Waals surface area contributed by atoms with Gasteiger partial charge >= 0.3 is 0 Å². The van der Waals surface area contributed by atoms with Gasteiger partial charge in [-0.3, -0.25) is 4.79 Å². The van der Waals surface area contributed by atoms with Crippen molar-refractivity contribution >= 4 is 38.6 Å². The lowest BCUT2D eigenvalue weighted by Crippen LogP contribution is -2.18. The number of hydrogen-bond acceptors (Lipinski definition) is 8. The van der Waals surface area contributed by atoms with Crippen molar-refractivity contribution in [2.45, 2.75) is 37.7 Å². The second kappa shape index (κ2) is 9.24. The Labute approximate surface area is 191 Å². The van der Waals surface area contributed by atoms with E-state index >= 15 is 0 Å². The van der Waals surface area contributed by atoms with Crippen LogP contribution in [0.5, 0.6) is 0 Å². The van der Waals surface area contributed by atoms with E-state index in [9.17, 15) is 22.7 Å². The van der Waals surface area contributed by atoms with E-state index in [2.05, 4.69) is 20.6 Å². The number of aromatic nitrogens is 2. The summed E-state index contributed by atoms with van der Waals surface area (Å²) < 4.78 is 38.7. The first kappa shape index (κ1) is 24.3. The summed E-state index contributed by atoms with van der Waals surface area (Å²) in [7, 11) is -3.52. The predicted molar refractivity (Wildman–Crippen MR) is 124 cm³/mol. The molecule has 33 heavy (non-hydrogen) atoms. The summed E-state index contributed by atoms with van der Waals surface area (Å²) in [4.78, 5) is 20.6. The maximum atomic E-state index is 14.3. The van der Waals surface area contributed by atoms with Crippen molar-refractivity contribution in [1.29, 1.82) is 0 Å². The maximum Gasteiger partial charge on any atom is 0.220 e. The molecule has 10 heteroatoms. The third-order valence-corrected chi connectivity index (χ3v) is 6.00. The first-order valence-corrected chi connectivity index (χ1v) is 12.0. The minimum Gasteiger partial charge on any atom is -0.386 e. The lowest BCUT2D eigenvalue weighted by atomic mass is 10.0. The number of hydrogen-bond donors (Lipinski definition) is 3. The van der Waals surface area contributed by atoms with Crippen LogP contribution in [0.15, 0.2) is 53.6 Å². The monoisotopic (exact) mass is 472 g/mol. The highest BCUT2D eigenvalue weighted by atomic mass is 32.2. The third-order valence-electron chi connectivity index (χ3n) is 4.85. The number of pyridine rings is 2. The van der Waals surface area contributed by atoms with E-state index in [1.54, 1.807) is 25.1 Å². The van der Waals surface area contributed by atoms with Crippen LogP contribution in [0.3, 0.4) is 0 Å². The SMILES string of the molecule is CCC(=O)c1cnc(Nc2ccc(C(C)(C)O)c(F)n2)cc1Nc1ccccc1S(C)(=O)=O. The molecule has 0 bridgehead atoms. The van der Waals surface area contributed by atoms with E-state index in [1.807, 2.05) is 0 Å². The van der Waals surface area contributed by atoms with Crippen molar-refractivity contribution in [3.8, 4) is 0 Å². The van der Waals surface area contributed by atoms with E-state index in [0.29, 0.717) is 11.4 Å². The second-order valence-corrected chi connectivity index (χ2v) is 9.99. The highest BCUT2D eigenvalue weighted by Crippen LogP contribution is 2.30. The quantitative estimate of drug-likeness (QED) is 0.327. The van der Waals surface area contributed by atoms with Gasteiger partial charge in [0.05, 0.1) is 27.4 Å². The first-order chi connectivity index (χ1) is 15.4. The Morgan fingerprint density at radius 1 is 1.09 bits per heavy atom. The normalized spacial score (nSPS) is 11.8. The van der Waals surface area contributed by atoms with E-state index in [1.165, 1.54) is 44.3 Å². The number of nitrogens with one attached hydrogen (secondary N) is 2. The zero-order chi connectivity index (χ0) is 24.4. The number of para-hydroxylation sites is 1. The molecule has 3 rings (SSSR count). The van der Waals surface area contributed by atoms with Gasteiger partial charge in [0.15, 0.2) is 15.6 Å². The van der Waals surface area contributed by atoms with Gasteiger partial charge in [-0.25, -0.2) is 18.4 Å². The van der Waals surface area contributed by atoms with E-state index in [0.717, 1.165) is 6.26 Å². The molecule has 2 heterocycles. The highest BCUT2D eigenvalue weighted by Gasteiger charge is 2.22. The molecule has 0 unspecified atom stereocenters. The number of benzene rings is 1. The van der Waals surface area contributed by atoms with E-state index < -0.39 is 21.4 Å². The largest absolute Gasteiger partial charge is 0.386 e. The third kappa shape index (κ3) is 5.71. The van der Waals surface area contributed by atoms with Gasteiger partial charge in [0.25, 0.3) is 0 Å². The molecule has 1 aromatic carbocycles. The number of nitrogens with zero attached hydrogens (tertiary/aromatic N) is 2. The number of Topliss-reactive ketones (excluding diaryl/α,β-unsaturated/α-hetero) is 1. The van der Waals surface area contributed by atoms with Crippen molar-refractivity contribution in [3.05, 3.63) is 65.7 Å². The fourth-order valence-electron chi connectivity index (χ4n) is 3.17. The van der Waals surface area contributed by atoms with Crippen LogP contribution in [-0.4, -0.2) is 35.5 Å². The number of aliphatic hydroxyl groups is 1. The smallest absolute Gasteiger partial charge is 0.220 e. The molecule has 2 aromatic heterocycles. The van der Waals surface area contributed by atoms with Crippen molar-refractivity contribution in [2.75, 3.05) is 16.9 Å². The summed E-state index contributed by atoms with van der Waals surface area (Å²) in [6.07, 6.45) is 2.69. The minimum absolute atomic E-state index is 0.0460. The molecule has 0 aliphatic heterocycles. The Morgan fingerprint density at radius 3 is 2.39 bits per heavy atom. The van der Waals surface area contributed by atoms with Crippen molar-refractivity contribution in [2.24, 2.45) is 0 Å². The molecule has 0 saturated heterocycles.